The first-order valence-electron chi connectivity index (χ1n) is 2.43. The molecule has 1 aliphatic rings. The molecule has 1 aliphatic heterocycles. The van der Waals surface area contributed by atoms with Crippen molar-refractivity contribution in [2.75, 3.05) is 0 Å². The van der Waals surface area contributed by atoms with Gasteiger partial charge in [-0.25, -0.2) is 0 Å². The highest BCUT2D eigenvalue weighted by Gasteiger charge is 2.14. The van der Waals surface area contributed by atoms with Crippen LogP contribution in [0.15, 0.2) is 0 Å². The molecule has 0 spiro atoms. The maximum Gasteiger partial charge on any atom is 0.329 e. The molecule has 1 fully saturated rings. The molecule has 5 nitrogen and oxygen atoms in total. The minimum absolute atomic E-state index is 0.0752. The van der Waals surface area contributed by atoms with E-state index < -0.39 is 11.9 Å². The Morgan fingerprint density at radius 2 is 1.56 bits per heavy atom. The van der Waals surface area contributed by atoms with E-state index in [1.807, 2.05) is 0 Å². The quantitative estimate of drug-likeness (QED) is 0.470. The van der Waals surface area contributed by atoms with Crippen LogP contribution in [0.25, 0.3) is 0 Å². The van der Waals surface area contributed by atoms with E-state index in [-0.39, 0.29) is 12.8 Å². The van der Waals surface area contributed by atoms with Crippen molar-refractivity contribution in [3.8, 4) is 0 Å². The van der Waals surface area contributed by atoms with E-state index in [0.29, 0.717) is 0 Å². The number of nitrogens with one attached hydrogen (secondary N) is 1. The summed E-state index contributed by atoms with van der Waals surface area (Å²) in [6, 6.07) is 0. The van der Waals surface area contributed by atoms with Crippen molar-refractivity contribution < 1.29 is 19.3 Å². The van der Waals surface area contributed by atoms with Gasteiger partial charge in [-0.3, -0.25) is 9.59 Å². The molecule has 0 radical (unpaired) electrons. The summed E-state index contributed by atoms with van der Waals surface area (Å²) in [5.41, 5.74) is 1.75. The van der Waals surface area contributed by atoms with Crippen LogP contribution in [-0.2, 0) is 19.3 Å². The standard InChI is InChI=1S/C4H5NO4/c6-3-1-2-4(7)9-5-8-3/h5H,1-2H2. The molecular formula is C4H5NO4. The zero-order valence-electron chi connectivity index (χ0n) is 4.55. The summed E-state index contributed by atoms with van der Waals surface area (Å²) in [4.78, 5) is 28.9. The molecule has 0 amide bonds. The lowest BCUT2D eigenvalue weighted by Crippen LogP contribution is -2.17. The van der Waals surface area contributed by atoms with E-state index in [1.54, 1.807) is 5.64 Å². The van der Waals surface area contributed by atoms with Crippen molar-refractivity contribution in [2.45, 2.75) is 12.8 Å². The Hall–Kier alpha value is -1.10. The van der Waals surface area contributed by atoms with Gasteiger partial charge in [0.15, 0.2) is 0 Å². The third-order valence-corrected chi connectivity index (χ3v) is 0.844. The highest BCUT2D eigenvalue weighted by molar-refractivity contribution is 5.78. The first-order valence-corrected chi connectivity index (χ1v) is 2.43. The van der Waals surface area contributed by atoms with Crippen LogP contribution in [0.5, 0.6) is 0 Å². The van der Waals surface area contributed by atoms with Crippen LogP contribution < -0.4 is 5.64 Å². The van der Waals surface area contributed by atoms with Crippen LogP contribution in [-0.4, -0.2) is 11.9 Å². The molecule has 0 aromatic rings. The zero-order chi connectivity index (χ0) is 6.69. The first kappa shape index (κ1) is 6.03. The minimum Gasteiger partial charge on any atom is -0.335 e. The third-order valence-electron chi connectivity index (χ3n) is 0.844. The van der Waals surface area contributed by atoms with E-state index >= 15 is 0 Å². The molecule has 50 valence electrons. The van der Waals surface area contributed by atoms with E-state index in [9.17, 15) is 9.59 Å². The normalized spacial score (nSPS) is 20.0. The van der Waals surface area contributed by atoms with Gasteiger partial charge in [0.1, 0.15) is 0 Å². The summed E-state index contributed by atoms with van der Waals surface area (Å²) in [5.74, 6) is -0.971. The zero-order valence-corrected chi connectivity index (χ0v) is 4.55. The highest BCUT2D eigenvalue weighted by Crippen LogP contribution is 1.97. The Morgan fingerprint density at radius 1 is 1.11 bits per heavy atom. The number of hydrogen-bond donors (Lipinski definition) is 1. The summed E-state index contributed by atoms with van der Waals surface area (Å²) in [6.07, 6.45) is 0.150. The van der Waals surface area contributed by atoms with Crippen LogP contribution in [0.2, 0.25) is 0 Å². The van der Waals surface area contributed by atoms with Gasteiger partial charge in [0.05, 0.1) is 12.8 Å². The molecule has 0 aromatic carbocycles. The lowest BCUT2D eigenvalue weighted by Gasteiger charge is -1.95. The van der Waals surface area contributed by atoms with Gasteiger partial charge in [0, 0.05) is 5.64 Å². The number of carbonyl (C=O) groups is 2. The second-order valence-corrected chi connectivity index (χ2v) is 1.53. The summed E-state index contributed by atoms with van der Waals surface area (Å²) < 4.78 is 0. The molecule has 0 aromatic heterocycles. The average Bonchev–Trinajstić information content (AvgIpc) is 1.97. The van der Waals surface area contributed by atoms with Gasteiger partial charge in [0.25, 0.3) is 0 Å². The molecule has 0 saturated carbocycles. The topological polar surface area (TPSA) is 64.6 Å². The second kappa shape index (κ2) is 2.45. The van der Waals surface area contributed by atoms with Crippen molar-refractivity contribution in [3.63, 3.8) is 0 Å². The fraction of sp³-hybridized carbons (Fsp3) is 0.500. The van der Waals surface area contributed by atoms with E-state index in [2.05, 4.69) is 9.68 Å². The SMILES string of the molecule is O=C1CCC(=O)ONO1. The molecular weight excluding hydrogens is 126 g/mol. The van der Waals surface area contributed by atoms with Crippen molar-refractivity contribution in [2.24, 2.45) is 0 Å². The maximum atomic E-state index is 10.3. The molecule has 1 saturated heterocycles. The predicted octanol–water partition coefficient (Wildman–Crippen LogP) is -0.714. The molecule has 9 heavy (non-hydrogen) atoms. The first-order chi connectivity index (χ1) is 4.29. The smallest absolute Gasteiger partial charge is 0.329 e. The predicted molar refractivity (Wildman–Crippen MR) is 24.6 cm³/mol. The lowest BCUT2D eigenvalue weighted by molar-refractivity contribution is -0.190. The van der Waals surface area contributed by atoms with Crippen molar-refractivity contribution >= 4 is 11.9 Å². The number of hydrogen-bond acceptors (Lipinski definition) is 5. The Balaban J connectivity index is 2.43. The van der Waals surface area contributed by atoms with Crippen LogP contribution >= 0.6 is 0 Å². The number of rotatable bonds is 0. The van der Waals surface area contributed by atoms with Gasteiger partial charge in [-0.05, 0) is 0 Å². The molecule has 0 unspecified atom stereocenters. The molecule has 1 N–H and O–H groups in total. The Morgan fingerprint density at radius 3 is 2.00 bits per heavy atom. The van der Waals surface area contributed by atoms with Gasteiger partial charge in [-0.2, -0.15) is 0 Å². The maximum absolute atomic E-state index is 10.3. The summed E-state index contributed by atoms with van der Waals surface area (Å²) in [5, 5.41) is 0. The lowest BCUT2D eigenvalue weighted by atomic mass is 10.3. The van der Waals surface area contributed by atoms with Crippen molar-refractivity contribution in [1.82, 2.24) is 5.64 Å². The van der Waals surface area contributed by atoms with E-state index in [0.717, 1.165) is 0 Å². The van der Waals surface area contributed by atoms with Crippen LogP contribution in [0.3, 0.4) is 0 Å². The Kier molecular flexibility index (Phi) is 1.64. The fourth-order valence-corrected chi connectivity index (χ4v) is 0.420. The van der Waals surface area contributed by atoms with Crippen LogP contribution in [0, 0.1) is 0 Å². The molecule has 1 heterocycles. The monoisotopic (exact) mass is 131 g/mol. The van der Waals surface area contributed by atoms with Crippen LogP contribution in [0.1, 0.15) is 12.8 Å². The summed E-state index contributed by atoms with van der Waals surface area (Å²) >= 11 is 0. The highest BCUT2D eigenvalue weighted by atomic mass is 16.9. The fourth-order valence-electron chi connectivity index (χ4n) is 0.420. The molecule has 0 atom stereocenters. The van der Waals surface area contributed by atoms with Crippen molar-refractivity contribution in [1.29, 1.82) is 0 Å². The molecule has 1 rings (SSSR count). The molecule has 5 heteroatoms. The van der Waals surface area contributed by atoms with Crippen molar-refractivity contribution in [3.05, 3.63) is 0 Å². The summed E-state index contributed by atoms with van der Waals surface area (Å²) in [7, 11) is 0. The Bertz CT molecular complexity index is 128. The molecule has 0 bridgehead atoms. The molecule has 0 aliphatic carbocycles. The van der Waals surface area contributed by atoms with Gasteiger partial charge in [-0.1, -0.05) is 0 Å². The van der Waals surface area contributed by atoms with E-state index in [4.69, 9.17) is 0 Å². The largest absolute Gasteiger partial charge is 0.335 e. The Labute approximate surface area is 50.8 Å². The van der Waals surface area contributed by atoms with E-state index in [1.165, 1.54) is 0 Å². The number of carbonyl (C=O) groups excluding carboxylic acids is 2. The second-order valence-electron chi connectivity index (χ2n) is 1.53. The minimum atomic E-state index is -0.485. The van der Waals surface area contributed by atoms with Gasteiger partial charge in [0.2, 0.25) is 0 Å². The average molecular weight is 131 g/mol. The van der Waals surface area contributed by atoms with Gasteiger partial charge < -0.3 is 9.68 Å². The third kappa shape index (κ3) is 1.69. The summed E-state index contributed by atoms with van der Waals surface area (Å²) in [6.45, 7) is 0. The van der Waals surface area contributed by atoms with Gasteiger partial charge in [-0.15, -0.1) is 0 Å². The van der Waals surface area contributed by atoms with Crippen LogP contribution in [0.4, 0.5) is 0 Å². The van der Waals surface area contributed by atoms with Gasteiger partial charge >= 0.3 is 11.9 Å².